The molecule has 0 heterocycles. The molecule has 0 aliphatic carbocycles. The topological polar surface area (TPSA) is 17.1 Å². The zero-order valence-electron chi connectivity index (χ0n) is 6.60. The highest BCUT2D eigenvalue weighted by molar-refractivity contribution is 6.09. The number of benzene rings is 1. The second-order valence-corrected chi connectivity index (χ2v) is 2.43. The fourth-order valence-corrected chi connectivity index (χ4v) is 0.960. The number of aryl methyl sites for hydroxylation is 1. The molecule has 1 rings (SSSR count). The molecule has 0 unspecified atom stereocenters. The van der Waals surface area contributed by atoms with E-state index in [0.717, 1.165) is 0 Å². The van der Waals surface area contributed by atoms with Crippen LogP contribution in [0.3, 0.4) is 0 Å². The Hall–Kier alpha value is -1.62. The molecule has 0 spiro atoms. The van der Waals surface area contributed by atoms with E-state index in [1.54, 1.807) is 6.92 Å². The predicted molar refractivity (Wildman–Crippen MR) is 44.3 cm³/mol. The quantitative estimate of drug-likeness (QED) is 0.350. The van der Waals surface area contributed by atoms with Crippen molar-refractivity contribution in [1.29, 1.82) is 0 Å². The van der Waals surface area contributed by atoms with Gasteiger partial charge in [0.05, 0.1) is 0 Å². The lowest BCUT2D eigenvalue weighted by molar-refractivity contribution is 0.105. The molecule has 1 nitrogen and oxygen atoms in total. The molecule has 60 valence electrons. The zero-order chi connectivity index (χ0) is 9.14. The molecule has 0 saturated carbocycles. The summed E-state index contributed by atoms with van der Waals surface area (Å²) in [6.07, 6.45) is 4.92. The maximum atomic E-state index is 12.6. The van der Waals surface area contributed by atoms with E-state index < -0.39 is 5.78 Å². The number of terminal acetylenes is 1. The smallest absolute Gasteiger partial charge is 0.235 e. The molecular formula is C10H7FO. The lowest BCUT2D eigenvalue weighted by Crippen LogP contribution is -1.98. The number of ketones is 1. The molecule has 0 aromatic heterocycles. The second-order valence-electron chi connectivity index (χ2n) is 2.43. The number of hydrogen-bond acceptors (Lipinski definition) is 1. The Kier molecular flexibility index (Phi) is 2.25. The third-order valence-corrected chi connectivity index (χ3v) is 1.56. The first kappa shape index (κ1) is 8.48. The number of halogens is 1. The highest BCUT2D eigenvalue weighted by Crippen LogP contribution is 2.10. The molecule has 0 atom stereocenters. The van der Waals surface area contributed by atoms with E-state index in [4.69, 9.17) is 6.42 Å². The van der Waals surface area contributed by atoms with Gasteiger partial charge < -0.3 is 0 Å². The lowest BCUT2D eigenvalue weighted by atomic mass is 10.1. The zero-order valence-corrected chi connectivity index (χ0v) is 6.60. The van der Waals surface area contributed by atoms with Crippen molar-refractivity contribution in [1.82, 2.24) is 0 Å². The molecule has 0 amide bonds. The first-order chi connectivity index (χ1) is 5.65. The van der Waals surface area contributed by atoms with E-state index in [9.17, 15) is 9.18 Å². The van der Waals surface area contributed by atoms with Gasteiger partial charge in [0, 0.05) is 5.56 Å². The summed E-state index contributed by atoms with van der Waals surface area (Å²) in [6, 6.07) is 3.90. The van der Waals surface area contributed by atoms with Gasteiger partial charge in [-0.15, -0.1) is 6.42 Å². The number of hydrogen-bond donors (Lipinski definition) is 0. The summed E-state index contributed by atoms with van der Waals surface area (Å²) in [5.41, 5.74) is 0.955. The monoisotopic (exact) mass is 162 g/mol. The molecule has 0 fully saturated rings. The predicted octanol–water partition coefficient (Wildman–Crippen LogP) is 1.95. The van der Waals surface area contributed by atoms with Crippen LogP contribution in [0.25, 0.3) is 0 Å². The Morgan fingerprint density at radius 2 is 2.25 bits per heavy atom. The van der Waals surface area contributed by atoms with E-state index >= 15 is 0 Å². The minimum atomic E-state index is -0.410. The molecule has 0 radical (unpaired) electrons. The van der Waals surface area contributed by atoms with Crippen molar-refractivity contribution in [2.75, 3.05) is 0 Å². The van der Waals surface area contributed by atoms with E-state index in [0.29, 0.717) is 11.1 Å². The summed E-state index contributed by atoms with van der Waals surface area (Å²) in [7, 11) is 0. The van der Waals surface area contributed by atoms with E-state index in [2.05, 4.69) is 0 Å². The van der Waals surface area contributed by atoms with Gasteiger partial charge in [-0.25, -0.2) is 4.39 Å². The maximum Gasteiger partial charge on any atom is 0.235 e. The molecule has 2 heteroatoms. The van der Waals surface area contributed by atoms with Gasteiger partial charge in [-0.05, 0) is 36.6 Å². The fourth-order valence-electron chi connectivity index (χ4n) is 0.960. The molecule has 12 heavy (non-hydrogen) atoms. The highest BCUT2D eigenvalue weighted by atomic mass is 19.1. The SMILES string of the molecule is C#CC(=O)c1ccc(F)cc1C. The largest absolute Gasteiger partial charge is 0.279 e. The normalized spacial score (nSPS) is 9.08. The number of Topliss-reactive ketones (excluding diaryl/α,β-unsaturated/α-hetero) is 1. The van der Waals surface area contributed by atoms with Crippen LogP contribution in [0.4, 0.5) is 4.39 Å². The highest BCUT2D eigenvalue weighted by Gasteiger charge is 2.05. The van der Waals surface area contributed by atoms with Crippen molar-refractivity contribution in [2.45, 2.75) is 6.92 Å². The van der Waals surface area contributed by atoms with Gasteiger partial charge in [0.15, 0.2) is 0 Å². The standard InChI is InChI=1S/C10H7FO/c1-3-10(12)9-5-4-8(11)6-7(9)2/h1,4-6H,2H3. The average molecular weight is 162 g/mol. The summed E-state index contributed by atoms with van der Waals surface area (Å²) >= 11 is 0. The number of carbonyl (C=O) groups excluding carboxylic acids is 1. The Bertz CT molecular complexity index is 361. The van der Waals surface area contributed by atoms with Gasteiger partial charge in [0.25, 0.3) is 0 Å². The minimum Gasteiger partial charge on any atom is -0.279 e. The number of rotatable bonds is 1. The average Bonchev–Trinajstić information content (AvgIpc) is 2.03. The van der Waals surface area contributed by atoms with Crippen molar-refractivity contribution >= 4 is 5.78 Å². The van der Waals surface area contributed by atoms with Crippen LogP contribution in [-0.4, -0.2) is 5.78 Å². The van der Waals surface area contributed by atoms with Crippen molar-refractivity contribution in [2.24, 2.45) is 0 Å². The van der Waals surface area contributed by atoms with E-state index in [1.165, 1.54) is 18.2 Å². The summed E-state index contributed by atoms with van der Waals surface area (Å²) in [6.45, 7) is 1.65. The van der Waals surface area contributed by atoms with Gasteiger partial charge in [0.1, 0.15) is 5.82 Å². The lowest BCUT2D eigenvalue weighted by Gasteiger charge is -1.98. The molecule has 0 aliphatic heterocycles. The molecule has 0 N–H and O–H groups in total. The van der Waals surface area contributed by atoms with Crippen molar-refractivity contribution in [3.8, 4) is 12.3 Å². The van der Waals surface area contributed by atoms with Crippen LogP contribution in [0.15, 0.2) is 18.2 Å². The van der Waals surface area contributed by atoms with Gasteiger partial charge in [-0.1, -0.05) is 0 Å². The van der Waals surface area contributed by atoms with Gasteiger partial charge in [0.2, 0.25) is 5.78 Å². The summed E-state index contributed by atoms with van der Waals surface area (Å²) in [4.78, 5) is 11.0. The summed E-state index contributed by atoms with van der Waals surface area (Å²) in [5, 5.41) is 0. The van der Waals surface area contributed by atoms with Crippen molar-refractivity contribution in [3.05, 3.63) is 35.1 Å². The molecule has 1 aromatic rings. The Labute approximate surface area is 70.2 Å². The third-order valence-electron chi connectivity index (χ3n) is 1.56. The number of carbonyl (C=O) groups is 1. The first-order valence-corrected chi connectivity index (χ1v) is 3.42. The summed E-state index contributed by atoms with van der Waals surface area (Å²) < 4.78 is 12.6. The van der Waals surface area contributed by atoms with Crippen LogP contribution >= 0.6 is 0 Å². The Balaban J connectivity index is 3.20. The Morgan fingerprint density at radius 3 is 2.75 bits per heavy atom. The molecule has 0 bridgehead atoms. The second kappa shape index (κ2) is 3.19. The van der Waals surface area contributed by atoms with Crippen LogP contribution < -0.4 is 0 Å². The van der Waals surface area contributed by atoms with Crippen molar-refractivity contribution in [3.63, 3.8) is 0 Å². The molecule has 0 aliphatic rings. The van der Waals surface area contributed by atoms with Gasteiger partial charge in [-0.3, -0.25) is 4.79 Å². The van der Waals surface area contributed by atoms with E-state index in [1.807, 2.05) is 5.92 Å². The van der Waals surface area contributed by atoms with Gasteiger partial charge >= 0.3 is 0 Å². The van der Waals surface area contributed by atoms with Crippen LogP contribution in [0.1, 0.15) is 15.9 Å². The van der Waals surface area contributed by atoms with Crippen LogP contribution in [0.5, 0.6) is 0 Å². The maximum absolute atomic E-state index is 12.6. The van der Waals surface area contributed by atoms with E-state index in [-0.39, 0.29) is 5.82 Å². The fraction of sp³-hybridized carbons (Fsp3) is 0.100. The molecule has 0 saturated heterocycles. The first-order valence-electron chi connectivity index (χ1n) is 3.42. The minimum absolute atomic E-state index is 0.360. The van der Waals surface area contributed by atoms with Gasteiger partial charge in [-0.2, -0.15) is 0 Å². The summed E-state index contributed by atoms with van der Waals surface area (Å²) in [5.74, 6) is 1.21. The van der Waals surface area contributed by atoms with Crippen LogP contribution in [0.2, 0.25) is 0 Å². The van der Waals surface area contributed by atoms with Crippen LogP contribution in [0, 0.1) is 25.1 Å². The van der Waals surface area contributed by atoms with Crippen LogP contribution in [-0.2, 0) is 0 Å². The molecule has 1 aromatic carbocycles. The Morgan fingerprint density at radius 1 is 1.58 bits per heavy atom. The van der Waals surface area contributed by atoms with Crippen molar-refractivity contribution < 1.29 is 9.18 Å². The third kappa shape index (κ3) is 1.51. The molecular weight excluding hydrogens is 155 g/mol.